The standard InChI is InChI=1S/C15H13S.C9H13.C2H6Si.2ClH.Zr/c1-10-8-12-4-3-5-13(14(12)9-10)15-7-6-11(2)16-15;1-6-5-7(2)9(4)8(6)3;1-3-2;;;/h3-9H,1-2H3;6H,1-4H3;1-2H3;2*1H;/q2*-1;;;;+2. The summed E-state index contributed by atoms with van der Waals surface area (Å²) in [7, 11) is 0. The third-order valence-corrected chi connectivity index (χ3v) is 6.17. The van der Waals surface area contributed by atoms with Gasteiger partial charge in [0, 0.05) is 9.75 Å². The normalized spacial score (nSPS) is 14.5. The smallest absolute Gasteiger partial charge is 0.0250 e. The van der Waals surface area contributed by atoms with Gasteiger partial charge in [-0.05, 0) is 19.1 Å². The zero-order valence-corrected chi connectivity index (χ0v) is 25.8. The van der Waals surface area contributed by atoms with Crippen molar-refractivity contribution in [3.8, 4) is 10.4 Å². The maximum atomic E-state index is 3.36. The van der Waals surface area contributed by atoms with E-state index >= 15 is 0 Å². The molecule has 0 saturated heterocycles. The second kappa shape index (κ2) is 14.1. The monoisotopic (exact) mass is 566 g/mol. The van der Waals surface area contributed by atoms with Crippen molar-refractivity contribution in [2.45, 2.75) is 54.6 Å². The minimum Gasteiger partial charge on any atom is -0.165 e. The molecule has 3 aromatic rings. The molecule has 31 heavy (non-hydrogen) atoms. The maximum absolute atomic E-state index is 3.36. The van der Waals surface area contributed by atoms with Crippen molar-refractivity contribution < 1.29 is 23.3 Å². The zero-order valence-electron chi connectivity index (χ0n) is 19.8. The van der Waals surface area contributed by atoms with Crippen LogP contribution in [0, 0.1) is 25.8 Å². The van der Waals surface area contributed by atoms with Crippen molar-refractivity contribution >= 4 is 52.4 Å². The molecule has 0 spiro atoms. The number of aryl methyl sites for hydroxylation is 2. The summed E-state index contributed by atoms with van der Waals surface area (Å²) in [4.78, 5) is 2.74. The van der Waals surface area contributed by atoms with Crippen LogP contribution in [-0.2, 0) is 23.3 Å². The number of halogens is 2. The first kappa shape index (κ1) is 30.7. The van der Waals surface area contributed by atoms with Crippen molar-refractivity contribution in [2.24, 2.45) is 5.92 Å². The summed E-state index contributed by atoms with van der Waals surface area (Å²) in [6, 6.07) is 15.5. The molecule has 166 valence electrons. The Bertz CT molecular complexity index is 1070. The molecule has 0 aliphatic heterocycles. The van der Waals surface area contributed by atoms with E-state index in [-0.39, 0.29) is 30.2 Å². The predicted molar refractivity (Wildman–Crippen MR) is 144 cm³/mol. The Morgan fingerprint density at radius 1 is 1.00 bits per heavy atom. The zero-order chi connectivity index (χ0) is 21.7. The number of fused-ring (bicyclic) bond motifs is 1. The first-order valence-corrected chi connectivity index (χ1v) is 17.1. The first-order valence-electron chi connectivity index (χ1n) is 10.1. The largest absolute Gasteiger partial charge is 0.165 e. The van der Waals surface area contributed by atoms with Crippen molar-refractivity contribution in [2.75, 3.05) is 0 Å². The van der Waals surface area contributed by atoms with Crippen LogP contribution in [0.3, 0.4) is 0 Å². The van der Waals surface area contributed by atoms with Crippen LogP contribution >= 0.6 is 36.2 Å². The molecule has 0 fully saturated rings. The summed E-state index contributed by atoms with van der Waals surface area (Å²) in [5.74, 6) is 0.560. The molecule has 1 heterocycles. The molecule has 5 heteroatoms. The molecule has 1 unspecified atom stereocenters. The van der Waals surface area contributed by atoms with Gasteiger partial charge in [-0.2, -0.15) is 17.2 Å². The summed E-state index contributed by atoms with van der Waals surface area (Å²) in [5.41, 5.74) is 7.16. The molecule has 1 aliphatic carbocycles. The van der Waals surface area contributed by atoms with Crippen molar-refractivity contribution in [1.29, 1.82) is 0 Å². The fourth-order valence-electron chi connectivity index (χ4n) is 3.34. The minimum atomic E-state index is 0. The number of benzene rings is 1. The number of allylic oxidation sites excluding steroid dienone is 4. The molecule has 0 radical (unpaired) electrons. The molecular formula is C26H34Cl2SSiZr. The molecule has 2 aromatic carbocycles. The molecule has 0 amide bonds. The molecule has 1 atom stereocenters. The third-order valence-electron chi connectivity index (χ3n) is 5.14. The molecule has 4 rings (SSSR count). The van der Waals surface area contributed by atoms with E-state index in [0.29, 0.717) is 5.92 Å². The van der Waals surface area contributed by atoms with Gasteiger partial charge in [0.15, 0.2) is 0 Å². The van der Waals surface area contributed by atoms with Gasteiger partial charge in [-0.25, -0.2) is 5.57 Å². The molecule has 1 aliphatic rings. The van der Waals surface area contributed by atoms with E-state index < -0.39 is 0 Å². The van der Waals surface area contributed by atoms with Gasteiger partial charge in [0.2, 0.25) is 0 Å². The van der Waals surface area contributed by atoms with Gasteiger partial charge in [-0.15, -0.1) is 77.6 Å². The Labute approximate surface area is 220 Å². The summed E-state index contributed by atoms with van der Waals surface area (Å²) in [6.07, 6.45) is 3.36. The Hall–Kier alpha value is -0.310. The summed E-state index contributed by atoms with van der Waals surface area (Å²) < 4.78 is 0. The molecule has 0 nitrogen and oxygen atoms in total. The average Bonchev–Trinajstić information content (AvgIpc) is 3.29. The van der Waals surface area contributed by atoms with Crippen molar-refractivity contribution in [3.63, 3.8) is 0 Å². The first-order chi connectivity index (χ1) is 13.6. The van der Waals surface area contributed by atoms with E-state index in [1.165, 1.54) is 48.4 Å². The SMILES string of the molecule is CC1=[C-]C(C)C(C)=C1C.C[Si](C)=[Zr+2].Cc1cc2c(-c3ccc(C)s3)cccc2[cH-]1.Cl.Cl. The van der Waals surface area contributed by atoms with Crippen LogP contribution in [0.2, 0.25) is 13.1 Å². The van der Waals surface area contributed by atoms with E-state index in [4.69, 9.17) is 0 Å². The molecule has 0 saturated carbocycles. The van der Waals surface area contributed by atoms with Crippen molar-refractivity contribution in [1.82, 2.24) is 0 Å². The van der Waals surface area contributed by atoms with Gasteiger partial charge in [-0.3, -0.25) is 6.08 Å². The van der Waals surface area contributed by atoms with Crippen LogP contribution in [0.25, 0.3) is 21.2 Å². The topological polar surface area (TPSA) is 0 Å². The van der Waals surface area contributed by atoms with Crippen LogP contribution in [-0.4, -0.2) is 5.43 Å². The molecule has 0 bridgehead atoms. The second-order valence-electron chi connectivity index (χ2n) is 8.05. The second-order valence-corrected chi connectivity index (χ2v) is 18.7. The van der Waals surface area contributed by atoms with Gasteiger partial charge < -0.3 is 0 Å². The Morgan fingerprint density at radius 3 is 2.03 bits per heavy atom. The van der Waals surface area contributed by atoms with Crippen LogP contribution in [0.1, 0.15) is 38.1 Å². The van der Waals surface area contributed by atoms with E-state index in [1.807, 2.05) is 11.3 Å². The summed E-state index contributed by atoms with van der Waals surface area (Å²) in [6.45, 7) is 17.6. The molecule has 1 aromatic heterocycles. The summed E-state index contributed by atoms with van der Waals surface area (Å²) in [5, 5.41) is 2.72. The van der Waals surface area contributed by atoms with Gasteiger partial charge in [0.1, 0.15) is 0 Å². The quantitative estimate of drug-likeness (QED) is 0.203. The maximum Gasteiger partial charge on any atom is 0.0250 e. The Morgan fingerprint density at radius 2 is 1.61 bits per heavy atom. The van der Waals surface area contributed by atoms with E-state index in [9.17, 15) is 0 Å². The van der Waals surface area contributed by atoms with Gasteiger partial charge >= 0.3 is 41.9 Å². The number of thiophene rings is 1. The Balaban J connectivity index is 0.000000516. The van der Waals surface area contributed by atoms with Crippen LogP contribution in [0.5, 0.6) is 0 Å². The predicted octanol–water partition coefficient (Wildman–Crippen LogP) is 9.25. The van der Waals surface area contributed by atoms with Crippen LogP contribution in [0.4, 0.5) is 0 Å². The number of hydrogen-bond acceptors (Lipinski definition) is 1. The fraction of sp³-hybridized carbons (Fsp3) is 0.346. The van der Waals surface area contributed by atoms with Crippen LogP contribution < -0.4 is 0 Å². The molecular weight excluding hydrogens is 535 g/mol. The number of rotatable bonds is 1. The van der Waals surface area contributed by atoms with Crippen molar-refractivity contribution in [3.05, 3.63) is 75.7 Å². The third kappa shape index (κ3) is 8.86. The van der Waals surface area contributed by atoms with Crippen LogP contribution in [0.15, 0.2) is 59.2 Å². The Kier molecular flexibility index (Phi) is 13.9. The average molecular weight is 569 g/mol. The van der Waals surface area contributed by atoms with Gasteiger partial charge in [-0.1, -0.05) is 45.2 Å². The molecule has 0 N–H and O–H groups in total. The van der Waals surface area contributed by atoms with E-state index in [1.54, 1.807) is 23.3 Å². The van der Waals surface area contributed by atoms with Gasteiger partial charge in [0.25, 0.3) is 0 Å². The number of hydrogen-bond donors (Lipinski definition) is 0. The van der Waals surface area contributed by atoms with E-state index in [2.05, 4.69) is 103 Å². The van der Waals surface area contributed by atoms with E-state index in [0.717, 1.165) is 0 Å². The van der Waals surface area contributed by atoms with Gasteiger partial charge in [0.05, 0.1) is 0 Å². The minimum absolute atomic E-state index is 0. The fourth-order valence-corrected chi connectivity index (χ4v) is 4.25. The summed E-state index contributed by atoms with van der Waals surface area (Å²) >= 11 is 3.60.